The Morgan fingerprint density at radius 1 is 1.00 bits per heavy atom. The van der Waals surface area contributed by atoms with Crippen LogP contribution in [-0.4, -0.2) is 57.3 Å². The van der Waals surface area contributed by atoms with E-state index in [1.807, 2.05) is 18.2 Å². The molecule has 2 fully saturated rings. The maximum Gasteiger partial charge on any atom is 0.175 e. The first kappa shape index (κ1) is 21.5. The van der Waals surface area contributed by atoms with E-state index < -0.39 is 9.84 Å². The van der Waals surface area contributed by atoms with Gasteiger partial charge < -0.3 is 0 Å². The minimum absolute atomic E-state index is 0.103. The highest BCUT2D eigenvalue weighted by molar-refractivity contribution is 7.90. The summed E-state index contributed by atoms with van der Waals surface area (Å²) in [5.41, 5.74) is 2.73. The number of nitrogens with one attached hydrogen (secondary N) is 1. The van der Waals surface area contributed by atoms with Crippen molar-refractivity contribution in [3.05, 3.63) is 65.7 Å². The number of benzene rings is 2. The van der Waals surface area contributed by atoms with Crippen molar-refractivity contribution in [2.45, 2.75) is 48.2 Å². The Balaban J connectivity index is 1.44. The number of sulfone groups is 1. The maximum atomic E-state index is 11.9. The fourth-order valence-electron chi connectivity index (χ4n) is 5.28. The maximum absolute atomic E-state index is 11.9. The molecule has 2 aromatic carbocycles. The highest BCUT2D eigenvalue weighted by atomic mass is 32.2. The summed E-state index contributed by atoms with van der Waals surface area (Å²) in [6.07, 6.45) is 5.81. The molecule has 1 heterocycles. The third kappa shape index (κ3) is 4.19. The molecule has 0 amide bonds. The lowest BCUT2D eigenvalue weighted by molar-refractivity contribution is 0.0616. The van der Waals surface area contributed by atoms with Crippen LogP contribution in [0, 0.1) is 0 Å². The van der Waals surface area contributed by atoms with Gasteiger partial charge in [-0.3, -0.25) is 15.1 Å². The summed E-state index contributed by atoms with van der Waals surface area (Å²) in [6.45, 7) is 2.63. The third-order valence-corrected chi connectivity index (χ3v) is 8.25. The zero-order chi connectivity index (χ0) is 21.4. The Labute approximate surface area is 181 Å². The summed E-state index contributed by atoms with van der Waals surface area (Å²) in [5, 5.41) is 3.80. The van der Waals surface area contributed by atoms with Crippen LogP contribution in [0.3, 0.4) is 0 Å². The number of nitrogens with zero attached hydrogens (tertiary/aromatic N) is 2. The van der Waals surface area contributed by atoms with Gasteiger partial charge in [0.25, 0.3) is 0 Å². The first-order valence-corrected chi connectivity index (χ1v) is 12.6. The molecule has 0 radical (unpaired) electrons. The van der Waals surface area contributed by atoms with Gasteiger partial charge in [-0.2, -0.15) is 0 Å². The molecule has 1 aliphatic carbocycles. The van der Waals surface area contributed by atoms with Gasteiger partial charge in [0.05, 0.1) is 4.90 Å². The van der Waals surface area contributed by atoms with Gasteiger partial charge in [-0.05, 0) is 63.0 Å². The van der Waals surface area contributed by atoms with Gasteiger partial charge in [0.1, 0.15) is 0 Å². The topological polar surface area (TPSA) is 52.7 Å². The van der Waals surface area contributed by atoms with Crippen LogP contribution in [0.25, 0.3) is 0 Å². The Morgan fingerprint density at radius 3 is 2.33 bits per heavy atom. The van der Waals surface area contributed by atoms with Crippen molar-refractivity contribution in [3.8, 4) is 0 Å². The van der Waals surface area contributed by atoms with Crippen LogP contribution in [0.2, 0.25) is 0 Å². The number of hydrogen-bond acceptors (Lipinski definition) is 5. The zero-order valence-corrected chi connectivity index (χ0v) is 19.1. The highest BCUT2D eigenvalue weighted by Crippen LogP contribution is 2.45. The van der Waals surface area contributed by atoms with E-state index in [1.54, 1.807) is 6.07 Å². The first-order chi connectivity index (χ1) is 14.2. The fourth-order valence-corrected chi connectivity index (χ4v) is 5.97. The van der Waals surface area contributed by atoms with E-state index in [0.29, 0.717) is 4.90 Å². The molecule has 6 heteroatoms. The van der Waals surface area contributed by atoms with Gasteiger partial charge in [0, 0.05) is 37.1 Å². The average molecular weight is 428 g/mol. The predicted octanol–water partition coefficient (Wildman–Crippen LogP) is 3.22. The highest BCUT2D eigenvalue weighted by Gasteiger charge is 2.47. The van der Waals surface area contributed by atoms with Gasteiger partial charge in [-0.1, -0.05) is 42.5 Å². The van der Waals surface area contributed by atoms with Gasteiger partial charge >= 0.3 is 0 Å². The molecule has 162 valence electrons. The Hall–Kier alpha value is -1.73. The van der Waals surface area contributed by atoms with Crippen LogP contribution < -0.4 is 5.32 Å². The van der Waals surface area contributed by atoms with Gasteiger partial charge in [0.2, 0.25) is 0 Å². The normalized spacial score (nSPS) is 27.7. The minimum atomic E-state index is -3.17. The summed E-state index contributed by atoms with van der Waals surface area (Å²) in [4.78, 5) is 5.21. The summed E-state index contributed by atoms with van der Waals surface area (Å²) >= 11 is 0. The molecule has 2 aromatic rings. The van der Waals surface area contributed by atoms with Crippen molar-refractivity contribution in [1.29, 1.82) is 0 Å². The van der Waals surface area contributed by atoms with Crippen LogP contribution in [0.1, 0.15) is 36.8 Å². The molecule has 1 saturated carbocycles. The predicted molar refractivity (Wildman–Crippen MR) is 121 cm³/mol. The average Bonchev–Trinajstić information content (AvgIpc) is 3.11. The van der Waals surface area contributed by atoms with Gasteiger partial charge in [-0.25, -0.2) is 8.42 Å². The summed E-state index contributed by atoms with van der Waals surface area (Å²) in [6, 6.07) is 18.3. The molecule has 5 nitrogen and oxygen atoms in total. The van der Waals surface area contributed by atoms with E-state index in [2.05, 4.69) is 59.5 Å². The fraction of sp³-hybridized carbons (Fsp3) is 0.500. The first-order valence-electron chi connectivity index (χ1n) is 10.7. The molecular formula is C24H33N3O2S. The largest absolute Gasteiger partial charge is 0.300 e. The molecule has 0 unspecified atom stereocenters. The second-order valence-electron chi connectivity index (χ2n) is 9.31. The molecule has 0 atom stereocenters. The molecule has 1 aliphatic heterocycles. The molecule has 1 saturated heterocycles. The van der Waals surface area contributed by atoms with Crippen LogP contribution in [0.15, 0.2) is 59.5 Å². The summed E-state index contributed by atoms with van der Waals surface area (Å²) in [5.74, 6) is 0. The van der Waals surface area contributed by atoms with E-state index in [9.17, 15) is 8.42 Å². The zero-order valence-electron chi connectivity index (χ0n) is 18.3. The van der Waals surface area contributed by atoms with Crippen LogP contribution >= 0.6 is 0 Å². The van der Waals surface area contributed by atoms with E-state index in [-0.39, 0.29) is 11.1 Å². The smallest absolute Gasteiger partial charge is 0.175 e. The Kier molecular flexibility index (Phi) is 5.79. The minimum Gasteiger partial charge on any atom is -0.300 e. The molecule has 0 bridgehead atoms. The van der Waals surface area contributed by atoms with Gasteiger partial charge in [-0.15, -0.1) is 0 Å². The van der Waals surface area contributed by atoms with Crippen molar-refractivity contribution < 1.29 is 8.42 Å². The van der Waals surface area contributed by atoms with Gasteiger partial charge in [0.15, 0.2) is 9.84 Å². The number of hydrogen-bond donors (Lipinski definition) is 1. The molecule has 2 aliphatic rings. The molecule has 1 N–H and O–H groups in total. The Morgan fingerprint density at radius 2 is 1.70 bits per heavy atom. The molecule has 0 aromatic heterocycles. The van der Waals surface area contributed by atoms with E-state index >= 15 is 0 Å². The van der Waals surface area contributed by atoms with Crippen LogP contribution in [0.5, 0.6) is 0 Å². The lowest BCUT2D eigenvalue weighted by Gasteiger charge is -2.49. The number of rotatable bonds is 5. The third-order valence-electron chi connectivity index (χ3n) is 7.14. The second kappa shape index (κ2) is 8.08. The van der Waals surface area contributed by atoms with Crippen molar-refractivity contribution in [2.24, 2.45) is 0 Å². The molecule has 1 spiro atoms. The van der Waals surface area contributed by atoms with E-state index in [1.165, 1.54) is 11.8 Å². The second-order valence-corrected chi connectivity index (χ2v) is 11.3. The van der Waals surface area contributed by atoms with Crippen LogP contribution in [0.4, 0.5) is 0 Å². The van der Waals surface area contributed by atoms with Crippen molar-refractivity contribution in [3.63, 3.8) is 0 Å². The van der Waals surface area contributed by atoms with E-state index in [4.69, 9.17) is 0 Å². The van der Waals surface area contributed by atoms with Crippen LogP contribution in [-0.2, 0) is 21.9 Å². The molecule has 4 rings (SSSR count). The lowest BCUT2D eigenvalue weighted by Crippen LogP contribution is -2.53. The SMILES string of the molecule is CN(C)[C@]1(c2ccccc2)CC[C@@]2(CC1)CN(Cc1cccc(S(C)(=O)=O)c1)CN2. The molecule has 30 heavy (non-hydrogen) atoms. The summed E-state index contributed by atoms with van der Waals surface area (Å²) < 4.78 is 23.7. The van der Waals surface area contributed by atoms with Crippen molar-refractivity contribution in [2.75, 3.05) is 33.6 Å². The summed E-state index contributed by atoms with van der Waals surface area (Å²) in [7, 11) is 1.23. The standard InChI is InChI=1S/C24H33N3O2S/c1-26(2)24(21-9-5-4-6-10-21)14-12-23(13-15-24)18-27(19-25-23)17-20-8-7-11-22(16-20)30(3,28)29/h4-11,16,25H,12-15,17-19H2,1-3H3/t23-,24-. The van der Waals surface area contributed by atoms with E-state index in [0.717, 1.165) is 51.0 Å². The monoisotopic (exact) mass is 427 g/mol. The van der Waals surface area contributed by atoms with Crippen molar-refractivity contribution >= 4 is 9.84 Å². The quantitative estimate of drug-likeness (QED) is 0.794. The van der Waals surface area contributed by atoms with Crippen molar-refractivity contribution in [1.82, 2.24) is 15.1 Å². The lowest BCUT2D eigenvalue weighted by atomic mass is 9.69. The Bertz CT molecular complexity index is 981. The molecular weight excluding hydrogens is 394 g/mol.